The minimum Gasteiger partial charge on any atom is -0.807 e. The summed E-state index contributed by atoms with van der Waals surface area (Å²) in [5, 5.41) is -3.24. The molecule has 0 saturated carbocycles. The Morgan fingerprint density at radius 2 is 1.47 bits per heavy atom. The summed E-state index contributed by atoms with van der Waals surface area (Å²) in [5.74, 6) is 0. The van der Waals surface area contributed by atoms with E-state index >= 15 is 0 Å². The van der Waals surface area contributed by atoms with Crippen LogP contribution in [0.25, 0.3) is 0 Å². The Labute approximate surface area is 126 Å². The standard InChI is InChI=1S/C6H8O9P2S.Zr/c7-16(8,9)4-2-1-3-5(18(13,14)15)6(4)17(10,11)12;/h1-3H,(H2,7,8,9)(H2,10,11,12)(H,13,14,15);/q;+4/p-4. The summed E-state index contributed by atoms with van der Waals surface area (Å²) in [7, 11) is -16.8. The van der Waals surface area contributed by atoms with Crippen molar-refractivity contribution in [3.8, 4) is 0 Å². The van der Waals surface area contributed by atoms with Gasteiger partial charge in [-0.05, 0) is 26.6 Å². The van der Waals surface area contributed by atoms with Crippen molar-refractivity contribution in [1.29, 1.82) is 0 Å². The molecule has 0 amide bonds. The predicted octanol–water partition coefficient (Wildman–Crippen LogP) is -3.99. The average molecular weight is 405 g/mol. The molecular formula is C6H4O9P2SZr. The first-order valence-corrected chi connectivity index (χ1v) is 8.53. The van der Waals surface area contributed by atoms with Gasteiger partial charge in [0.1, 0.15) is 4.90 Å². The molecule has 0 heterocycles. The fraction of sp³-hybridized carbons (Fsp3) is 0. The van der Waals surface area contributed by atoms with Crippen LogP contribution in [0.15, 0.2) is 23.1 Å². The van der Waals surface area contributed by atoms with Crippen LogP contribution >= 0.6 is 15.2 Å². The molecule has 9 nitrogen and oxygen atoms in total. The molecule has 0 aliphatic rings. The molecule has 0 fully saturated rings. The van der Waals surface area contributed by atoms with Crippen molar-refractivity contribution in [1.82, 2.24) is 0 Å². The molecule has 0 saturated heterocycles. The van der Waals surface area contributed by atoms with E-state index in [-0.39, 0.29) is 26.2 Å². The zero-order valence-electron chi connectivity index (χ0n) is 8.75. The van der Waals surface area contributed by atoms with Gasteiger partial charge in [-0.3, -0.25) is 4.55 Å². The van der Waals surface area contributed by atoms with Gasteiger partial charge in [0.05, 0.1) is 0 Å². The van der Waals surface area contributed by atoms with Gasteiger partial charge in [0.25, 0.3) is 10.1 Å². The SMILES string of the molecule is O=P([O-])([O-])c1cccc(S(=O)(=O)O)c1P(=O)([O-])[O-].[Zr+4]. The number of hydrogen-bond donors (Lipinski definition) is 1. The number of benzene rings is 1. The Morgan fingerprint density at radius 3 is 1.79 bits per heavy atom. The van der Waals surface area contributed by atoms with Crippen LogP contribution in [0.5, 0.6) is 0 Å². The predicted molar refractivity (Wildman–Crippen MR) is 50.7 cm³/mol. The summed E-state index contributed by atoms with van der Waals surface area (Å²) in [4.78, 5) is 41.8. The van der Waals surface area contributed by atoms with Gasteiger partial charge < -0.3 is 28.7 Å². The molecule has 19 heavy (non-hydrogen) atoms. The van der Waals surface area contributed by atoms with E-state index in [1.165, 1.54) is 0 Å². The molecule has 1 rings (SSSR count). The fourth-order valence-electron chi connectivity index (χ4n) is 1.22. The van der Waals surface area contributed by atoms with Gasteiger partial charge in [0.15, 0.2) is 0 Å². The molecule has 0 atom stereocenters. The van der Waals surface area contributed by atoms with E-state index in [1.807, 2.05) is 0 Å². The molecule has 0 spiro atoms. The first-order valence-electron chi connectivity index (χ1n) is 4.01. The first kappa shape index (κ1) is 19.3. The maximum absolute atomic E-state index is 10.9. The monoisotopic (exact) mass is 404 g/mol. The Morgan fingerprint density at radius 1 is 1.00 bits per heavy atom. The van der Waals surface area contributed by atoms with Gasteiger partial charge in [0.2, 0.25) is 0 Å². The maximum Gasteiger partial charge on any atom is 4.00 e. The summed E-state index contributed by atoms with van der Waals surface area (Å²) in [5.41, 5.74) is 0. The van der Waals surface area contributed by atoms with Crippen LogP contribution in [0, 0.1) is 0 Å². The molecular weight excluding hydrogens is 401 g/mol. The fourth-order valence-corrected chi connectivity index (χ4v) is 4.66. The average Bonchev–Trinajstić information content (AvgIpc) is 2.12. The van der Waals surface area contributed by atoms with E-state index in [1.54, 1.807) is 0 Å². The summed E-state index contributed by atoms with van der Waals surface area (Å²) >= 11 is 0. The molecule has 0 aromatic heterocycles. The molecule has 1 N–H and O–H groups in total. The third kappa shape index (κ3) is 4.67. The third-order valence-electron chi connectivity index (χ3n) is 1.82. The largest absolute Gasteiger partial charge is 4.00 e. The Kier molecular flexibility index (Phi) is 6.07. The molecule has 0 bridgehead atoms. The zero-order chi connectivity index (χ0) is 14.4. The van der Waals surface area contributed by atoms with Crippen molar-refractivity contribution in [2.45, 2.75) is 4.90 Å². The zero-order valence-corrected chi connectivity index (χ0v) is 13.8. The van der Waals surface area contributed by atoms with Gasteiger partial charge in [0, 0.05) is 5.30 Å². The summed E-state index contributed by atoms with van der Waals surface area (Å²) in [6.07, 6.45) is 0. The molecule has 0 aliphatic carbocycles. The molecule has 1 aromatic carbocycles. The van der Waals surface area contributed by atoms with Crippen LogP contribution in [-0.4, -0.2) is 13.0 Å². The van der Waals surface area contributed by atoms with Gasteiger partial charge in [-0.25, -0.2) is 0 Å². The second kappa shape index (κ2) is 5.97. The van der Waals surface area contributed by atoms with Crippen LogP contribution in [0.1, 0.15) is 0 Å². The number of hydrogen-bond acceptors (Lipinski definition) is 8. The Balaban J connectivity index is 0.00000324. The van der Waals surface area contributed by atoms with Gasteiger partial charge >= 0.3 is 26.2 Å². The van der Waals surface area contributed by atoms with Crippen molar-refractivity contribution >= 4 is 35.9 Å². The minimum atomic E-state index is -5.90. The molecule has 0 radical (unpaired) electrons. The Bertz CT molecular complexity index is 672. The quantitative estimate of drug-likeness (QED) is 0.387. The van der Waals surface area contributed by atoms with E-state index < -0.39 is 40.8 Å². The normalized spacial score (nSPS) is 12.9. The van der Waals surface area contributed by atoms with Crippen molar-refractivity contribution in [2.24, 2.45) is 0 Å². The van der Waals surface area contributed by atoms with Gasteiger partial charge in [-0.2, -0.15) is 8.42 Å². The Hall–Kier alpha value is 0.313. The molecule has 0 unspecified atom stereocenters. The summed E-state index contributed by atoms with van der Waals surface area (Å²) < 4.78 is 52.0. The molecule has 13 heteroatoms. The van der Waals surface area contributed by atoms with Crippen LogP contribution < -0.4 is 30.2 Å². The minimum absolute atomic E-state index is 0. The first-order chi connectivity index (χ1) is 7.85. The molecule has 1 aromatic rings. The van der Waals surface area contributed by atoms with Crippen molar-refractivity contribution in [2.75, 3.05) is 0 Å². The third-order valence-corrected chi connectivity index (χ3v) is 5.04. The van der Waals surface area contributed by atoms with Gasteiger partial charge in [-0.15, -0.1) is 0 Å². The summed E-state index contributed by atoms with van der Waals surface area (Å²) in [6.45, 7) is 0. The maximum atomic E-state index is 10.9. The van der Waals surface area contributed by atoms with E-state index in [0.29, 0.717) is 18.2 Å². The molecule has 102 valence electrons. The second-order valence-corrected chi connectivity index (χ2v) is 7.40. The van der Waals surface area contributed by atoms with Crippen LogP contribution in [0.2, 0.25) is 0 Å². The van der Waals surface area contributed by atoms with Gasteiger partial charge in [-0.1, -0.05) is 12.1 Å². The van der Waals surface area contributed by atoms with E-state index in [4.69, 9.17) is 4.55 Å². The van der Waals surface area contributed by atoms with E-state index in [2.05, 4.69) is 0 Å². The smallest absolute Gasteiger partial charge is 0.807 e. The van der Waals surface area contributed by atoms with Crippen LogP contribution in [0.3, 0.4) is 0 Å². The molecule has 0 aliphatic heterocycles. The van der Waals surface area contributed by atoms with E-state index in [0.717, 1.165) is 0 Å². The summed E-state index contributed by atoms with van der Waals surface area (Å²) in [6, 6.07) is 1.67. The van der Waals surface area contributed by atoms with Crippen molar-refractivity contribution in [3.63, 3.8) is 0 Å². The van der Waals surface area contributed by atoms with Crippen LogP contribution in [0.4, 0.5) is 0 Å². The van der Waals surface area contributed by atoms with Crippen molar-refractivity contribution in [3.05, 3.63) is 18.2 Å². The number of rotatable bonds is 3. The van der Waals surface area contributed by atoms with E-state index in [9.17, 15) is 37.1 Å². The second-order valence-electron chi connectivity index (χ2n) is 3.09. The van der Waals surface area contributed by atoms with Crippen molar-refractivity contribution < 1.29 is 67.9 Å². The topological polar surface area (TPSA) is 181 Å². The van der Waals surface area contributed by atoms with Crippen LogP contribution in [-0.2, 0) is 45.5 Å².